The molecule has 0 unspecified atom stereocenters. The summed E-state index contributed by atoms with van der Waals surface area (Å²) in [5, 5.41) is 14.4. The Morgan fingerprint density at radius 1 is 1.35 bits per heavy atom. The van der Waals surface area contributed by atoms with Crippen LogP contribution < -0.4 is 15.6 Å². The number of rotatable bonds is 3. The summed E-state index contributed by atoms with van der Waals surface area (Å²) in [7, 11) is 3.24. The van der Waals surface area contributed by atoms with E-state index in [4.69, 9.17) is 0 Å². The van der Waals surface area contributed by atoms with Crippen molar-refractivity contribution in [3.63, 3.8) is 0 Å². The second-order valence-electron chi connectivity index (χ2n) is 5.78. The number of aryl methyl sites for hydroxylation is 2. The van der Waals surface area contributed by atoms with Gasteiger partial charge in [0.15, 0.2) is 5.82 Å². The minimum absolute atomic E-state index is 0.165. The van der Waals surface area contributed by atoms with E-state index in [9.17, 15) is 14.9 Å². The smallest absolute Gasteiger partial charge is 0.357 e. The van der Waals surface area contributed by atoms with Crippen LogP contribution in [0.2, 0.25) is 0 Å². The van der Waals surface area contributed by atoms with E-state index in [2.05, 4.69) is 15.2 Å². The fraction of sp³-hybridized carbons (Fsp3) is 0.467. The summed E-state index contributed by atoms with van der Waals surface area (Å²) in [6, 6.07) is 1.85. The van der Waals surface area contributed by atoms with Crippen LogP contribution in [0.25, 0.3) is 11.0 Å². The highest BCUT2D eigenvalue weighted by Crippen LogP contribution is 2.28. The number of nitrogens with one attached hydrogen (secondary N) is 1. The molecule has 8 nitrogen and oxygen atoms in total. The Labute approximate surface area is 132 Å². The molecule has 0 atom stereocenters. The van der Waals surface area contributed by atoms with Gasteiger partial charge >= 0.3 is 5.69 Å². The van der Waals surface area contributed by atoms with Crippen molar-refractivity contribution >= 4 is 28.4 Å². The Morgan fingerprint density at radius 3 is 2.57 bits per heavy atom. The molecular formula is C15H19N5O3. The first-order chi connectivity index (χ1) is 11.0. The molecule has 1 N–H and O–H groups in total. The predicted octanol–water partition coefficient (Wildman–Crippen LogP) is 1.79. The minimum atomic E-state index is -0.637. The third kappa shape index (κ3) is 2.30. The summed E-state index contributed by atoms with van der Waals surface area (Å²) in [5.74, 6) is 0.983. The maximum absolute atomic E-state index is 12.6. The molecule has 1 aliphatic rings. The van der Waals surface area contributed by atoms with Crippen LogP contribution >= 0.6 is 0 Å². The van der Waals surface area contributed by atoms with Crippen LogP contribution in [0.15, 0.2) is 10.9 Å². The number of nitrogens with zero attached hydrogens (tertiary/aromatic N) is 4. The molecule has 0 amide bonds. The van der Waals surface area contributed by atoms with Crippen molar-refractivity contribution in [2.45, 2.75) is 19.8 Å². The van der Waals surface area contributed by atoms with Crippen LogP contribution in [-0.2, 0) is 7.05 Å². The molecule has 1 fully saturated rings. The standard InChI is InChI=1S/C15H19N5O3/c1-9-8-10(19-6-4-5-7-19)17-14-11(9)13(21)12(20(22)23)15(16-2)18(14)3/h8,16H,4-7H2,1-3H3. The molecule has 3 rings (SSSR count). The zero-order chi connectivity index (χ0) is 16.7. The van der Waals surface area contributed by atoms with Gasteiger partial charge in [-0.25, -0.2) is 4.98 Å². The molecule has 122 valence electrons. The zero-order valence-corrected chi connectivity index (χ0v) is 13.4. The molecule has 1 saturated heterocycles. The number of hydrogen-bond donors (Lipinski definition) is 1. The summed E-state index contributed by atoms with van der Waals surface area (Å²) in [5.41, 5.74) is 0.141. The zero-order valence-electron chi connectivity index (χ0n) is 13.4. The van der Waals surface area contributed by atoms with Gasteiger partial charge in [-0.05, 0) is 31.4 Å². The van der Waals surface area contributed by atoms with E-state index in [-0.39, 0.29) is 5.82 Å². The molecule has 0 saturated carbocycles. The van der Waals surface area contributed by atoms with E-state index in [1.165, 1.54) is 0 Å². The Balaban J connectivity index is 2.37. The lowest BCUT2D eigenvalue weighted by atomic mass is 10.1. The van der Waals surface area contributed by atoms with Gasteiger partial charge in [-0.15, -0.1) is 0 Å². The van der Waals surface area contributed by atoms with E-state index in [0.717, 1.165) is 31.7 Å². The average molecular weight is 317 g/mol. The van der Waals surface area contributed by atoms with Gasteiger partial charge in [-0.1, -0.05) is 0 Å². The van der Waals surface area contributed by atoms with Gasteiger partial charge in [-0.2, -0.15) is 0 Å². The van der Waals surface area contributed by atoms with E-state index in [1.807, 2.05) is 6.07 Å². The number of fused-ring (bicyclic) bond motifs is 1. The summed E-state index contributed by atoms with van der Waals surface area (Å²) in [6.45, 7) is 3.68. The van der Waals surface area contributed by atoms with Gasteiger partial charge in [0, 0.05) is 27.2 Å². The van der Waals surface area contributed by atoms with E-state index >= 15 is 0 Å². The van der Waals surface area contributed by atoms with Gasteiger partial charge in [-0.3, -0.25) is 14.9 Å². The van der Waals surface area contributed by atoms with Crippen LogP contribution in [0.1, 0.15) is 18.4 Å². The van der Waals surface area contributed by atoms with Gasteiger partial charge < -0.3 is 14.8 Å². The normalized spacial score (nSPS) is 14.5. The number of nitro groups is 1. The first-order valence-electron chi connectivity index (χ1n) is 7.57. The predicted molar refractivity (Wildman–Crippen MR) is 89.4 cm³/mol. The molecule has 1 aliphatic heterocycles. The quantitative estimate of drug-likeness (QED) is 0.685. The fourth-order valence-electron chi connectivity index (χ4n) is 3.22. The van der Waals surface area contributed by atoms with E-state index in [1.54, 1.807) is 25.6 Å². The summed E-state index contributed by atoms with van der Waals surface area (Å²) in [6.07, 6.45) is 2.25. The van der Waals surface area contributed by atoms with Crippen molar-refractivity contribution in [1.29, 1.82) is 0 Å². The largest absolute Gasteiger partial charge is 0.369 e. The van der Waals surface area contributed by atoms with Crippen molar-refractivity contribution in [2.24, 2.45) is 7.05 Å². The van der Waals surface area contributed by atoms with Gasteiger partial charge in [0.1, 0.15) is 11.5 Å². The third-order valence-corrected chi connectivity index (χ3v) is 4.35. The van der Waals surface area contributed by atoms with Gasteiger partial charge in [0.05, 0.1) is 10.3 Å². The molecule has 2 aromatic heterocycles. The lowest BCUT2D eigenvalue weighted by Crippen LogP contribution is -2.22. The van der Waals surface area contributed by atoms with Gasteiger partial charge in [0.25, 0.3) is 5.43 Å². The highest BCUT2D eigenvalue weighted by atomic mass is 16.6. The molecule has 0 radical (unpaired) electrons. The van der Waals surface area contributed by atoms with E-state index < -0.39 is 16.0 Å². The molecule has 0 bridgehead atoms. The maximum Gasteiger partial charge on any atom is 0.357 e. The summed E-state index contributed by atoms with van der Waals surface area (Å²) < 4.78 is 1.58. The van der Waals surface area contributed by atoms with Crippen molar-refractivity contribution in [2.75, 3.05) is 30.4 Å². The molecule has 2 aromatic rings. The maximum atomic E-state index is 12.6. The molecule has 0 spiro atoms. The number of hydrogen-bond acceptors (Lipinski definition) is 6. The van der Waals surface area contributed by atoms with Crippen LogP contribution in [-0.4, -0.2) is 34.6 Å². The Hall–Kier alpha value is -2.64. The minimum Gasteiger partial charge on any atom is -0.369 e. The molecule has 23 heavy (non-hydrogen) atoms. The summed E-state index contributed by atoms with van der Waals surface area (Å²) >= 11 is 0. The number of aromatic nitrogens is 2. The van der Waals surface area contributed by atoms with E-state index in [0.29, 0.717) is 16.6 Å². The highest BCUT2D eigenvalue weighted by molar-refractivity contribution is 5.86. The molecule has 0 aliphatic carbocycles. The molecule has 8 heteroatoms. The van der Waals surface area contributed by atoms with Gasteiger partial charge in [0.2, 0.25) is 0 Å². The highest BCUT2D eigenvalue weighted by Gasteiger charge is 2.26. The lowest BCUT2D eigenvalue weighted by molar-refractivity contribution is -0.385. The SMILES string of the molecule is CNc1c([N+](=O)[O-])c(=O)c2c(C)cc(N3CCCC3)nc2n1C. The first-order valence-corrected chi connectivity index (χ1v) is 7.57. The second-order valence-corrected chi connectivity index (χ2v) is 5.78. The number of anilines is 2. The summed E-state index contributed by atoms with van der Waals surface area (Å²) in [4.78, 5) is 30.1. The van der Waals surface area contributed by atoms with Crippen LogP contribution in [0, 0.1) is 17.0 Å². The Bertz CT molecular complexity index is 853. The van der Waals surface area contributed by atoms with Crippen LogP contribution in [0.4, 0.5) is 17.3 Å². The number of pyridine rings is 2. The van der Waals surface area contributed by atoms with Crippen molar-refractivity contribution < 1.29 is 4.92 Å². The van der Waals surface area contributed by atoms with Crippen LogP contribution in [0.3, 0.4) is 0 Å². The first kappa shape index (κ1) is 15.3. The third-order valence-electron chi connectivity index (χ3n) is 4.35. The Kier molecular flexibility index (Phi) is 3.67. The van der Waals surface area contributed by atoms with Crippen molar-refractivity contribution in [3.05, 3.63) is 32.0 Å². The lowest BCUT2D eigenvalue weighted by Gasteiger charge is -2.19. The molecular weight excluding hydrogens is 298 g/mol. The molecule has 3 heterocycles. The van der Waals surface area contributed by atoms with Crippen molar-refractivity contribution in [3.8, 4) is 0 Å². The fourth-order valence-corrected chi connectivity index (χ4v) is 3.22. The Morgan fingerprint density at radius 2 is 2.00 bits per heavy atom. The topological polar surface area (TPSA) is 93.3 Å². The average Bonchev–Trinajstić information content (AvgIpc) is 3.03. The van der Waals surface area contributed by atoms with Crippen LogP contribution in [0.5, 0.6) is 0 Å². The molecule has 0 aromatic carbocycles. The second kappa shape index (κ2) is 5.53. The monoisotopic (exact) mass is 317 g/mol. The van der Waals surface area contributed by atoms with Crippen molar-refractivity contribution in [1.82, 2.24) is 9.55 Å².